The molecule has 0 saturated heterocycles. The molecule has 3 heteroatoms. The molecule has 2 aromatic carbocycles. The van der Waals surface area contributed by atoms with Crippen LogP contribution in [0.5, 0.6) is 0 Å². The summed E-state index contributed by atoms with van der Waals surface area (Å²) >= 11 is 0. The third-order valence-electron chi connectivity index (χ3n) is 3.62. The van der Waals surface area contributed by atoms with E-state index in [0.717, 1.165) is 5.56 Å². The van der Waals surface area contributed by atoms with Gasteiger partial charge in [0.25, 0.3) is 5.91 Å². The average Bonchev–Trinajstić information content (AvgIpc) is 2.62. The lowest BCUT2D eigenvalue weighted by Crippen LogP contribution is -2.45. The van der Waals surface area contributed by atoms with Gasteiger partial charge in [0.1, 0.15) is 0 Å². The summed E-state index contributed by atoms with van der Waals surface area (Å²) in [7, 11) is 0. The van der Waals surface area contributed by atoms with E-state index in [2.05, 4.69) is 24.4 Å². The van der Waals surface area contributed by atoms with Crippen molar-refractivity contribution in [1.29, 1.82) is 0 Å². The van der Waals surface area contributed by atoms with Crippen LogP contribution in [-0.4, -0.2) is 11.9 Å². The Bertz CT molecular complexity index is 650. The van der Waals surface area contributed by atoms with Crippen molar-refractivity contribution in [3.8, 4) is 0 Å². The highest BCUT2D eigenvalue weighted by Crippen LogP contribution is 2.09. The third-order valence-corrected chi connectivity index (χ3v) is 3.62. The van der Waals surface area contributed by atoms with E-state index in [4.69, 9.17) is 0 Å². The molecule has 1 amide bonds. The van der Waals surface area contributed by atoms with E-state index in [0.29, 0.717) is 5.56 Å². The predicted octanol–water partition coefficient (Wildman–Crippen LogP) is 3.83. The zero-order valence-electron chi connectivity index (χ0n) is 13.3. The van der Waals surface area contributed by atoms with Gasteiger partial charge in [-0.1, -0.05) is 73.7 Å². The number of carbonyl (C=O) groups is 1. The van der Waals surface area contributed by atoms with Crippen LogP contribution in [0.25, 0.3) is 6.08 Å². The molecule has 2 rings (SSSR count). The van der Waals surface area contributed by atoms with Crippen molar-refractivity contribution in [3.63, 3.8) is 0 Å². The minimum Gasteiger partial charge on any atom is -0.287 e. The molecule has 0 aromatic heterocycles. The van der Waals surface area contributed by atoms with E-state index >= 15 is 0 Å². The second-order valence-electron chi connectivity index (χ2n) is 5.35. The summed E-state index contributed by atoms with van der Waals surface area (Å²) < 4.78 is 0. The van der Waals surface area contributed by atoms with Crippen molar-refractivity contribution in [1.82, 2.24) is 10.9 Å². The predicted molar refractivity (Wildman–Crippen MR) is 95.7 cm³/mol. The maximum absolute atomic E-state index is 12.1. The van der Waals surface area contributed by atoms with E-state index in [1.54, 1.807) is 12.1 Å². The van der Waals surface area contributed by atoms with Crippen molar-refractivity contribution in [2.24, 2.45) is 5.92 Å². The summed E-state index contributed by atoms with van der Waals surface area (Å²) in [6, 6.07) is 19.1. The van der Waals surface area contributed by atoms with Crippen molar-refractivity contribution >= 4 is 12.0 Å². The molecule has 0 aliphatic heterocycles. The maximum Gasteiger partial charge on any atom is 0.265 e. The molecule has 0 unspecified atom stereocenters. The van der Waals surface area contributed by atoms with Gasteiger partial charge in [0.05, 0.1) is 6.04 Å². The minimum atomic E-state index is -0.153. The Hall–Kier alpha value is -2.65. The fraction of sp³-hybridized carbons (Fsp3) is 0.150. The highest BCUT2D eigenvalue weighted by atomic mass is 16.2. The van der Waals surface area contributed by atoms with Gasteiger partial charge < -0.3 is 0 Å². The minimum absolute atomic E-state index is 0.0413. The Kier molecular flexibility index (Phi) is 6.33. The number of nitrogens with one attached hydrogen (secondary N) is 2. The first-order valence-electron chi connectivity index (χ1n) is 7.67. The molecule has 2 aromatic rings. The summed E-state index contributed by atoms with van der Waals surface area (Å²) in [4.78, 5) is 12.1. The van der Waals surface area contributed by atoms with Crippen LogP contribution in [0, 0.1) is 5.92 Å². The van der Waals surface area contributed by atoms with Crippen LogP contribution in [0.1, 0.15) is 22.8 Å². The van der Waals surface area contributed by atoms with Crippen LogP contribution in [0.2, 0.25) is 0 Å². The van der Waals surface area contributed by atoms with Gasteiger partial charge in [-0.2, -0.15) is 0 Å². The highest BCUT2D eigenvalue weighted by Gasteiger charge is 2.12. The monoisotopic (exact) mass is 306 g/mol. The number of carbonyl (C=O) groups excluding carboxylic acids is 1. The Morgan fingerprint density at radius 3 is 2.26 bits per heavy atom. The van der Waals surface area contributed by atoms with E-state index in [1.165, 1.54) is 0 Å². The van der Waals surface area contributed by atoms with Gasteiger partial charge in [-0.05, 0) is 23.6 Å². The van der Waals surface area contributed by atoms with Crippen molar-refractivity contribution in [2.45, 2.75) is 13.0 Å². The Morgan fingerprint density at radius 2 is 1.65 bits per heavy atom. The first-order valence-corrected chi connectivity index (χ1v) is 7.67. The fourth-order valence-corrected chi connectivity index (χ4v) is 2.09. The molecule has 2 N–H and O–H groups in total. The maximum atomic E-state index is 12.1. The molecule has 23 heavy (non-hydrogen) atoms. The lowest BCUT2D eigenvalue weighted by Gasteiger charge is -2.20. The third kappa shape index (κ3) is 5.24. The lowest BCUT2D eigenvalue weighted by molar-refractivity contribution is 0.0926. The molecular formula is C20H22N2O. The highest BCUT2D eigenvalue weighted by molar-refractivity contribution is 5.93. The van der Waals surface area contributed by atoms with Gasteiger partial charge in [-0.15, -0.1) is 6.58 Å². The van der Waals surface area contributed by atoms with E-state index in [-0.39, 0.29) is 17.9 Å². The lowest BCUT2D eigenvalue weighted by atomic mass is 10.0. The van der Waals surface area contributed by atoms with E-state index < -0.39 is 0 Å². The quantitative estimate of drug-likeness (QED) is 0.603. The second kappa shape index (κ2) is 8.71. The molecule has 0 saturated carbocycles. The average molecular weight is 306 g/mol. The number of hydrazine groups is 1. The number of hydrogen-bond acceptors (Lipinski definition) is 2. The molecule has 0 aliphatic rings. The van der Waals surface area contributed by atoms with Gasteiger partial charge in [-0.25, -0.2) is 5.43 Å². The zero-order valence-corrected chi connectivity index (χ0v) is 13.3. The molecule has 0 bridgehead atoms. The zero-order chi connectivity index (χ0) is 16.5. The summed E-state index contributed by atoms with van der Waals surface area (Å²) in [6.07, 6.45) is 5.93. The molecule has 118 valence electrons. The second-order valence-corrected chi connectivity index (χ2v) is 5.35. The number of benzene rings is 2. The van der Waals surface area contributed by atoms with Crippen molar-refractivity contribution < 1.29 is 4.79 Å². The van der Waals surface area contributed by atoms with E-state index in [1.807, 2.05) is 66.8 Å². The van der Waals surface area contributed by atoms with Crippen LogP contribution in [0.4, 0.5) is 0 Å². The molecule has 0 aliphatic carbocycles. The topological polar surface area (TPSA) is 41.1 Å². The standard InChI is InChI=1S/C20H22N2O/c1-3-16(2)19(15-14-17-10-6-4-7-11-17)21-22-20(23)18-12-8-5-9-13-18/h3-16,19,21H,1H2,2H3,(H,22,23)/b15-14+/t16-,19-/m1/s1. The van der Waals surface area contributed by atoms with Crippen LogP contribution in [-0.2, 0) is 0 Å². The van der Waals surface area contributed by atoms with Crippen molar-refractivity contribution in [3.05, 3.63) is 90.5 Å². The number of amides is 1. The Morgan fingerprint density at radius 1 is 1.04 bits per heavy atom. The Labute approximate surface area is 137 Å². The fourth-order valence-electron chi connectivity index (χ4n) is 2.09. The first kappa shape index (κ1) is 16.7. The van der Waals surface area contributed by atoms with Gasteiger partial charge in [-0.3, -0.25) is 10.2 Å². The van der Waals surface area contributed by atoms with Crippen LogP contribution >= 0.6 is 0 Å². The van der Waals surface area contributed by atoms with Gasteiger partial charge in [0.2, 0.25) is 0 Å². The molecule has 0 spiro atoms. The molecule has 2 atom stereocenters. The molecular weight excluding hydrogens is 284 g/mol. The summed E-state index contributed by atoms with van der Waals surface area (Å²) in [5.41, 5.74) is 7.58. The normalized spacial score (nSPS) is 13.4. The molecule has 0 heterocycles. The van der Waals surface area contributed by atoms with Gasteiger partial charge in [0.15, 0.2) is 0 Å². The molecule has 0 fully saturated rings. The summed E-state index contributed by atoms with van der Waals surface area (Å²) in [6.45, 7) is 5.89. The van der Waals surface area contributed by atoms with Crippen molar-refractivity contribution in [2.75, 3.05) is 0 Å². The van der Waals surface area contributed by atoms with E-state index in [9.17, 15) is 4.79 Å². The van der Waals surface area contributed by atoms with Gasteiger partial charge >= 0.3 is 0 Å². The van der Waals surface area contributed by atoms with Gasteiger partial charge in [0, 0.05) is 5.56 Å². The summed E-state index contributed by atoms with van der Waals surface area (Å²) in [5.74, 6) is 0.0195. The number of hydrogen-bond donors (Lipinski definition) is 2. The number of rotatable bonds is 7. The summed E-state index contributed by atoms with van der Waals surface area (Å²) in [5, 5.41) is 0. The molecule has 0 radical (unpaired) electrons. The van der Waals surface area contributed by atoms with Crippen LogP contribution in [0.3, 0.4) is 0 Å². The molecule has 3 nitrogen and oxygen atoms in total. The van der Waals surface area contributed by atoms with Crippen LogP contribution < -0.4 is 10.9 Å². The van der Waals surface area contributed by atoms with Crippen LogP contribution in [0.15, 0.2) is 79.4 Å². The Balaban J connectivity index is 2.00. The SMILES string of the molecule is C=C[C@@H](C)[C@@H](/C=C/c1ccccc1)NNC(=O)c1ccccc1. The first-order chi connectivity index (χ1) is 11.2. The largest absolute Gasteiger partial charge is 0.287 e. The smallest absolute Gasteiger partial charge is 0.265 e.